The molecule has 1 unspecified atom stereocenters. The van der Waals surface area contributed by atoms with Crippen LogP contribution in [0.5, 0.6) is 0 Å². The molecule has 0 aromatic carbocycles. The molecule has 15 heteroatoms. The third kappa shape index (κ3) is 7.97. The number of hydrogen-bond donors (Lipinski definition) is 3. The van der Waals surface area contributed by atoms with Crippen LogP contribution in [0.4, 0.5) is 4.79 Å². The van der Waals surface area contributed by atoms with Crippen molar-refractivity contribution < 1.29 is 47.8 Å². The molecular weight excluding hydrogens is 638 g/mol. The zero-order chi connectivity index (χ0) is 35.1. The number of carbonyl (C=O) groups excluding carboxylic acids is 5. The lowest BCUT2D eigenvalue weighted by molar-refractivity contribution is -0.145. The van der Waals surface area contributed by atoms with Crippen molar-refractivity contribution >= 4 is 35.5 Å². The molecule has 3 heterocycles. The van der Waals surface area contributed by atoms with Crippen molar-refractivity contribution in [1.82, 2.24) is 20.9 Å². The van der Waals surface area contributed by atoms with Crippen molar-refractivity contribution in [3.8, 4) is 0 Å². The first-order chi connectivity index (χ1) is 23.3. The lowest BCUT2D eigenvalue weighted by atomic mass is 9.85. The Kier molecular flexibility index (Phi) is 9.88. The quantitative estimate of drug-likeness (QED) is 0.227. The molecule has 49 heavy (non-hydrogen) atoms. The van der Waals surface area contributed by atoms with E-state index in [9.17, 15) is 24.0 Å². The summed E-state index contributed by atoms with van der Waals surface area (Å²) in [6, 6.07) is -2.66. The normalized spacial score (nSPS) is 31.5. The van der Waals surface area contributed by atoms with Gasteiger partial charge in [-0.2, -0.15) is 0 Å². The van der Waals surface area contributed by atoms with Gasteiger partial charge in [0.25, 0.3) is 5.91 Å². The highest BCUT2D eigenvalue weighted by molar-refractivity contribution is 6.36. The zero-order valence-electron chi connectivity index (χ0n) is 29.2. The average molecular weight is 690 g/mol. The lowest BCUT2D eigenvalue weighted by Gasteiger charge is -2.36. The molecule has 272 valence electrons. The van der Waals surface area contributed by atoms with Gasteiger partial charge in [0.2, 0.25) is 11.8 Å². The van der Waals surface area contributed by atoms with Crippen LogP contribution in [0.25, 0.3) is 0 Å². The number of oxime groups is 1. The van der Waals surface area contributed by atoms with Crippen molar-refractivity contribution in [2.24, 2.45) is 16.5 Å². The maximum atomic E-state index is 14.5. The van der Waals surface area contributed by atoms with E-state index in [2.05, 4.69) is 21.1 Å². The second-order valence-electron chi connectivity index (χ2n) is 15.6. The number of nitrogens with zero attached hydrogens (tertiary/aromatic N) is 2. The molecule has 3 N–H and O–H groups in total. The van der Waals surface area contributed by atoms with Crippen LogP contribution < -0.4 is 16.0 Å². The van der Waals surface area contributed by atoms with Gasteiger partial charge in [-0.25, -0.2) is 9.59 Å². The van der Waals surface area contributed by atoms with Gasteiger partial charge in [-0.05, 0) is 50.4 Å². The first-order valence-electron chi connectivity index (χ1n) is 17.8. The number of rotatable bonds is 14. The topological polar surface area (TPSA) is 183 Å². The highest BCUT2D eigenvalue weighted by atomic mass is 16.7. The predicted octanol–water partition coefficient (Wildman–Crippen LogP) is 1.71. The minimum absolute atomic E-state index is 0.0301. The number of amides is 4. The molecule has 15 nitrogen and oxygen atoms in total. The Balaban J connectivity index is 1.23. The number of likely N-dealkylation sites (tertiary alicyclic amines) is 1. The highest BCUT2D eigenvalue weighted by Crippen LogP contribution is 2.70. The lowest BCUT2D eigenvalue weighted by Crippen LogP contribution is -2.60. The largest absolute Gasteiger partial charge is 0.461 e. The third-order valence-corrected chi connectivity index (χ3v) is 10.3. The summed E-state index contributed by atoms with van der Waals surface area (Å²) < 4.78 is 22.4. The summed E-state index contributed by atoms with van der Waals surface area (Å²) in [5.41, 5.74) is -2.15. The van der Waals surface area contributed by atoms with Crippen LogP contribution in [0.2, 0.25) is 0 Å². The second-order valence-corrected chi connectivity index (χ2v) is 15.6. The van der Waals surface area contributed by atoms with E-state index in [1.54, 1.807) is 6.92 Å². The number of fused-ring (bicyclic) bond motifs is 1. The molecule has 0 aromatic rings. The van der Waals surface area contributed by atoms with Crippen molar-refractivity contribution in [2.45, 2.75) is 140 Å². The Morgan fingerprint density at radius 2 is 1.80 bits per heavy atom. The molecule has 3 aliphatic carbocycles. The maximum absolute atomic E-state index is 14.5. The zero-order valence-corrected chi connectivity index (χ0v) is 29.2. The van der Waals surface area contributed by atoms with E-state index in [4.69, 9.17) is 23.8 Å². The Bertz CT molecular complexity index is 1350. The number of nitrogens with one attached hydrogen (secondary N) is 3. The van der Waals surface area contributed by atoms with E-state index >= 15 is 0 Å². The van der Waals surface area contributed by atoms with Crippen molar-refractivity contribution in [1.29, 1.82) is 0 Å². The predicted molar refractivity (Wildman–Crippen MR) is 173 cm³/mol. The van der Waals surface area contributed by atoms with E-state index in [0.29, 0.717) is 31.8 Å². The number of carbonyl (C=O) groups is 5. The van der Waals surface area contributed by atoms with Gasteiger partial charge in [-0.3, -0.25) is 14.4 Å². The summed E-state index contributed by atoms with van der Waals surface area (Å²) in [5.74, 6) is -1.39. The fourth-order valence-corrected chi connectivity index (χ4v) is 7.00. The number of ether oxygens (including phenoxy) is 4. The number of hydrogen-bond acceptors (Lipinski definition) is 11. The number of esters is 1. The molecule has 6 atom stereocenters. The maximum Gasteiger partial charge on any atom is 0.408 e. The van der Waals surface area contributed by atoms with E-state index in [0.717, 1.165) is 25.7 Å². The average Bonchev–Trinajstić information content (AvgIpc) is 3.95. The van der Waals surface area contributed by atoms with Crippen LogP contribution in [0.1, 0.15) is 92.4 Å². The molecule has 0 aromatic heterocycles. The Hall–Kier alpha value is -3.46. The minimum atomic E-state index is -1.17. The van der Waals surface area contributed by atoms with Gasteiger partial charge in [0, 0.05) is 25.3 Å². The summed E-state index contributed by atoms with van der Waals surface area (Å²) in [6.07, 6.45) is 3.39. The second kappa shape index (κ2) is 13.7. The highest BCUT2D eigenvalue weighted by Gasteiger charge is 2.72. The Labute approximate surface area is 286 Å². The monoisotopic (exact) mass is 689 g/mol. The molecular formula is C34H51N5O10. The van der Waals surface area contributed by atoms with Crippen molar-refractivity contribution in [2.75, 3.05) is 26.4 Å². The molecule has 0 radical (unpaired) electrons. The van der Waals surface area contributed by atoms with Crippen LogP contribution in [0, 0.1) is 11.3 Å². The standard InChI is InChI=1S/C34H51N5O10/c1-6-8-22(25(28(41)35-20-9-10-20)48-34-13-19(34)14-34)36-27(40)24-16-33(15-23(38-49-33)30(43)46-7-2)18-39(24)29(42)26(32(3,4)5)37-31(44)47-21-11-12-45-17-21/h19-22,24-26H,6-18H2,1-5H3,(H,35,41)(H,36,40)(H,37,44)/t19?,21-,22-,24-,25?,26+,33+,34?/m0/s1. The molecule has 3 saturated carbocycles. The van der Waals surface area contributed by atoms with Crippen LogP contribution in [0.3, 0.4) is 0 Å². The molecule has 0 bridgehead atoms. The summed E-state index contributed by atoms with van der Waals surface area (Å²) >= 11 is 0. The van der Waals surface area contributed by atoms with Crippen LogP contribution in [0.15, 0.2) is 5.16 Å². The van der Waals surface area contributed by atoms with E-state index in [-0.39, 0.29) is 55.9 Å². The fourth-order valence-electron chi connectivity index (χ4n) is 7.00. The summed E-state index contributed by atoms with van der Waals surface area (Å²) in [7, 11) is 0. The van der Waals surface area contributed by atoms with Crippen LogP contribution in [-0.2, 0) is 43.0 Å². The SMILES string of the molecule is CCC[C@H](NC(=O)[C@@H]1C[C@]2(CC(C(=O)OCC)=NO2)CN1C(=O)[C@@H](NC(=O)O[C@H]1CCOC1)C(C)(C)C)C(OC12CC1C2)C(=O)NC1CC1. The van der Waals surface area contributed by atoms with E-state index in [1.165, 1.54) is 4.90 Å². The number of alkyl carbamates (subject to hydrolysis) is 1. The molecule has 6 rings (SSSR count). The van der Waals surface area contributed by atoms with Gasteiger partial charge >= 0.3 is 12.1 Å². The Morgan fingerprint density at radius 3 is 2.39 bits per heavy atom. The van der Waals surface area contributed by atoms with Gasteiger partial charge in [-0.15, -0.1) is 0 Å². The smallest absolute Gasteiger partial charge is 0.408 e. The summed E-state index contributed by atoms with van der Waals surface area (Å²) in [6.45, 7) is 9.94. The summed E-state index contributed by atoms with van der Waals surface area (Å²) in [4.78, 5) is 75.2. The van der Waals surface area contributed by atoms with Crippen LogP contribution in [-0.4, -0.2) is 114 Å². The van der Waals surface area contributed by atoms with Crippen LogP contribution >= 0.6 is 0 Å². The molecule has 2 saturated heterocycles. The molecule has 4 amide bonds. The van der Waals surface area contributed by atoms with Gasteiger partial charge in [-0.1, -0.05) is 39.3 Å². The van der Waals surface area contributed by atoms with Gasteiger partial charge in [0.1, 0.15) is 18.2 Å². The Morgan fingerprint density at radius 1 is 1.06 bits per heavy atom. The summed E-state index contributed by atoms with van der Waals surface area (Å²) in [5, 5.41) is 12.9. The van der Waals surface area contributed by atoms with Gasteiger partial charge in [0.15, 0.2) is 17.4 Å². The first kappa shape index (κ1) is 35.4. The first-order valence-corrected chi connectivity index (χ1v) is 17.8. The molecule has 6 aliphatic rings. The molecule has 1 spiro atoms. The van der Waals surface area contributed by atoms with E-state index in [1.807, 2.05) is 27.7 Å². The van der Waals surface area contributed by atoms with E-state index < -0.39 is 65.2 Å². The molecule has 3 aliphatic heterocycles. The van der Waals surface area contributed by atoms with Crippen molar-refractivity contribution in [3.05, 3.63) is 0 Å². The molecule has 5 fully saturated rings. The van der Waals surface area contributed by atoms with Crippen molar-refractivity contribution in [3.63, 3.8) is 0 Å². The fraction of sp³-hybridized carbons (Fsp3) is 0.824. The third-order valence-electron chi connectivity index (χ3n) is 10.3. The van der Waals surface area contributed by atoms with Gasteiger partial charge in [0.05, 0.1) is 38.0 Å². The minimum Gasteiger partial charge on any atom is -0.461 e. The van der Waals surface area contributed by atoms with Gasteiger partial charge < -0.3 is 44.6 Å².